The maximum atomic E-state index is 13.0. The van der Waals surface area contributed by atoms with Crippen LogP contribution in [0.2, 0.25) is 5.02 Å². The fourth-order valence-electron chi connectivity index (χ4n) is 2.44. The van der Waals surface area contributed by atoms with E-state index in [0.29, 0.717) is 10.7 Å². The average molecular weight is 335 g/mol. The van der Waals surface area contributed by atoms with Gasteiger partial charge in [0.15, 0.2) is 0 Å². The summed E-state index contributed by atoms with van der Waals surface area (Å²) in [4.78, 5) is 12.3. The van der Waals surface area contributed by atoms with Crippen molar-refractivity contribution in [1.29, 1.82) is 0 Å². The Labute approximate surface area is 140 Å². The molecular weight excluding hydrogens is 315 g/mol. The molecule has 5 heteroatoms. The molecule has 0 radical (unpaired) electrons. The van der Waals surface area contributed by atoms with Crippen LogP contribution in [0.3, 0.4) is 0 Å². The van der Waals surface area contributed by atoms with Gasteiger partial charge in [-0.05, 0) is 62.6 Å². The van der Waals surface area contributed by atoms with E-state index in [1.54, 1.807) is 18.2 Å². The Morgan fingerprint density at radius 3 is 2.30 bits per heavy atom. The standard InChI is InChI=1S/C18H20ClFN2O/c1-11-9-12(2)16(15(19)10-11)21-17(23)22-18(3,4)13-5-7-14(20)8-6-13/h5-10H,1-4H3,(H2,21,22,23). The van der Waals surface area contributed by atoms with Gasteiger partial charge in [-0.15, -0.1) is 0 Å². The highest BCUT2D eigenvalue weighted by Crippen LogP contribution is 2.28. The molecule has 0 aliphatic heterocycles. The van der Waals surface area contributed by atoms with Gasteiger partial charge in [0.05, 0.1) is 16.2 Å². The van der Waals surface area contributed by atoms with Crippen molar-refractivity contribution in [1.82, 2.24) is 5.32 Å². The number of carbonyl (C=O) groups is 1. The summed E-state index contributed by atoms with van der Waals surface area (Å²) in [7, 11) is 0. The van der Waals surface area contributed by atoms with E-state index in [-0.39, 0.29) is 11.8 Å². The first-order chi connectivity index (χ1) is 10.7. The third-order valence-corrected chi connectivity index (χ3v) is 3.96. The van der Waals surface area contributed by atoms with E-state index in [4.69, 9.17) is 11.6 Å². The summed E-state index contributed by atoms with van der Waals surface area (Å²) in [6.07, 6.45) is 0. The lowest BCUT2D eigenvalue weighted by molar-refractivity contribution is 0.242. The van der Waals surface area contributed by atoms with E-state index in [0.717, 1.165) is 16.7 Å². The number of nitrogens with one attached hydrogen (secondary N) is 2. The highest BCUT2D eigenvalue weighted by molar-refractivity contribution is 6.34. The molecule has 2 amide bonds. The zero-order valence-electron chi connectivity index (χ0n) is 13.6. The molecule has 2 rings (SSSR count). The predicted octanol–water partition coefficient (Wildman–Crippen LogP) is 5.15. The molecule has 0 aromatic heterocycles. The number of hydrogen-bond donors (Lipinski definition) is 2. The smallest absolute Gasteiger partial charge is 0.319 e. The van der Waals surface area contributed by atoms with Gasteiger partial charge in [0.25, 0.3) is 0 Å². The molecule has 0 aliphatic carbocycles. The number of hydrogen-bond acceptors (Lipinski definition) is 1. The largest absolute Gasteiger partial charge is 0.329 e. The van der Waals surface area contributed by atoms with Crippen LogP contribution in [0.15, 0.2) is 36.4 Å². The molecule has 3 nitrogen and oxygen atoms in total. The van der Waals surface area contributed by atoms with Crippen LogP contribution in [0.4, 0.5) is 14.9 Å². The van der Waals surface area contributed by atoms with Gasteiger partial charge in [-0.25, -0.2) is 9.18 Å². The van der Waals surface area contributed by atoms with Gasteiger partial charge >= 0.3 is 6.03 Å². The summed E-state index contributed by atoms with van der Waals surface area (Å²) < 4.78 is 13.0. The minimum Gasteiger partial charge on any atom is -0.329 e. The maximum Gasteiger partial charge on any atom is 0.319 e. The summed E-state index contributed by atoms with van der Waals surface area (Å²) in [6, 6.07) is 9.43. The number of benzene rings is 2. The molecule has 0 aliphatic rings. The van der Waals surface area contributed by atoms with Crippen LogP contribution in [0.5, 0.6) is 0 Å². The summed E-state index contributed by atoms with van der Waals surface area (Å²) in [5.74, 6) is -0.309. The Hall–Kier alpha value is -2.07. The zero-order valence-corrected chi connectivity index (χ0v) is 14.4. The third kappa shape index (κ3) is 4.23. The zero-order chi connectivity index (χ0) is 17.2. The van der Waals surface area contributed by atoms with Crippen LogP contribution in [-0.4, -0.2) is 6.03 Å². The maximum absolute atomic E-state index is 13.0. The van der Waals surface area contributed by atoms with Crippen molar-refractivity contribution in [2.45, 2.75) is 33.2 Å². The van der Waals surface area contributed by atoms with E-state index < -0.39 is 5.54 Å². The first-order valence-electron chi connectivity index (χ1n) is 7.31. The lowest BCUT2D eigenvalue weighted by Crippen LogP contribution is -2.43. The van der Waals surface area contributed by atoms with E-state index in [1.807, 2.05) is 33.8 Å². The number of aryl methyl sites for hydroxylation is 2. The summed E-state index contributed by atoms with van der Waals surface area (Å²) in [6.45, 7) is 7.53. The lowest BCUT2D eigenvalue weighted by Gasteiger charge is -2.27. The Balaban J connectivity index is 2.14. The van der Waals surface area contributed by atoms with Crippen LogP contribution < -0.4 is 10.6 Å². The summed E-state index contributed by atoms with van der Waals surface area (Å²) >= 11 is 6.20. The Morgan fingerprint density at radius 1 is 1.13 bits per heavy atom. The average Bonchev–Trinajstić information content (AvgIpc) is 2.42. The van der Waals surface area contributed by atoms with Crippen molar-refractivity contribution in [3.8, 4) is 0 Å². The molecule has 0 saturated heterocycles. The lowest BCUT2D eigenvalue weighted by atomic mass is 9.94. The summed E-state index contributed by atoms with van der Waals surface area (Å²) in [5.41, 5.74) is 2.67. The van der Waals surface area contributed by atoms with E-state index in [9.17, 15) is 9.18 Å². The van der Waals surface area contributed by atoms with Crippen molar-refractivity contribution in [2.24, 2.45) is 0 Å². The van der Waals surface area contributed by atoms with Gasteiger partial charge < -0.3 is 10.6 Å². The van der Waals surface area contributed by atoms with E-state index in [1.165, 1.54) is 12.1 Å². The van der Waals surface area contributed by atoms with Crippen LogP contribution in [0.1, 0.15) is 30.5 Å². The number of anilines is 1. The molecule has 0 fully saturated rings. The number of halogens is 2. The Kier molecular flexibility index (Phi) is 4.95. The second-order valence-corrected chi connectivity index (χ2v) is 6.56. The molecule has 0 heterocycles. The van der Waals surface area contributed by atoms with E-state index >= 15 is 0 Å². The van der Waals surface area contributed by atoms with Crippen molar-refractivity contribution in [3.05, 3.63) is 63.9 Å². The Morgan fingerprint density at radius 2 is 1.74 bits per heavy atom. The fourth-order valence-corrected chi connectivity index (χ4v) is 2.81. The van der Waals surface area contributed by atoms with Gasteiger partial charge in [0.1, 0.15) is 5.82 Å². The Bertz CT molecular complexity index is 703. The minimum absolute atomic E-state index is 0.309. The van der Waals surface area contributed by atoms with E-state index in [2.05, 4.69) is 10.6 Å². The number of amides is 2. The van der Waals surface area contributed by atoms with Crippen LogP contribution in [-0.2, 0) is 5.54 Å². The molecule has 2 N–H and O–H groups in total. The topological polar surface area (TPSA) is 41.1 Å². The highest BCUT2D eigenvalue weighted by atomic mass is 35.5. The third-order valence-electron chi connectivity index (χ3n) is 3.66. The first-order valence-corrected chi connectivity index (χ1v) is 7.69. The van der Waals surface area contributed by atoms with Crippen molar-refractivity contribution >= 4 is 23.3 Å². The monoisotopic (exact) mass is 334 g/mol. The molecule has 2 aromatic rings. The molecule has 0 spiro atoms. The van der Waals surface area contributed by atoms with Gasteiger partial charge in [-0.2, -0.15) is 0 Å². The number of rotatable bonds is 3. The molecule has 0 unspecified atom stereocenters. The highest BCUT2D eigenvalue weighted by Gasteiger charge is 2.23. The molecular formula is C18H20ClFN2O. The normalized spacial score (nSPS) is 11.2. The quantitative estimate of drug-likeness (QED) is 0.800. The van der Waals surface area contributed by atoms with Crippen LogP contribution in [0, 0.1) is 19.7 Å². The second kappa shape index (κ2) is 6.59. The molecule has 0 saturated carbocycles. The molecule has 122 valence electrons. The van der Waals surface area contributed by atoms with Crippen LogP contribution in [0.25, 0.3) is 0 Å². The van der Waals surface area contributed by atoms with Gasteiger partial charge in [0.2, 0.25) is 0 Å². The fraction of sp³-hybridized carbons (Fsp3) is 0.278. The molecule has 2 aromatic carbocycles. The molecule has 0 bridgehead atoms. The van der Waals surface area contributed by atoms with Crippen molar-refractivity contribution in [2.75, 3.05) is 5.32 Å². The first kappa shape index (κ1) is 17.3. The second-order valence-electron chi connectivity index (χ2n) is 6.15. The van der Waals surface area contributed by atoms with Crippen LogP contribution >= 0.6 is 11.6 Å². The van der Waals surface area contributed by atoms with Gasteiger partial charge in [-0.1, -0.05) is 29.8 Å². The SMILES string of the molecule is Cc1cc(C)c(NC(=O)NC(C)(C)c2ccc(F)cc2)c(Cl)c1. The minimum atomic E-state index is -0.650. The number of carbonyl (C=O) groups excluding carboxylic acids is 1. The van der Waals surface area contributed by atoms with Crippen molar-refractivity contribution in [3.63, 3.8) is 0 Å². The summed E-state index contributed by atoms with van der Waals surface area (Å²) in [5, 5.41) is 6.16. The van der Waals surface area contributed by atoms with Crippen molar-refractivity contribution < 1.29 is 9.18 Å². The number of urea groups is 1. The molecule has 0 atom stereocenters. The van der Waals surface area contributed by atoms with Gasteiger partial charge in [0, 0.05) is 0 Å². The molecule has 23 heavy (non-hydrogen) atoms. The predicted molar refractivity (Wildman–Crippen MR) is 92.5 cm³/mol. The van der Waals surface area contributed by atoms with Gasteiger partial charge in [-0.3, -0.25) is 0 Å².